The molecular weight excluding hydrogens is 140 g/mol. The monoisotopic (exact) mass is 154 g/mol. The number of rotatable bonds is 0. The van der Waals surface area contributed by atoms with Gasteiger partial charge in [-0.1, -0.05) is 12.8 Å². The highest BCUT2D eigenvalue weighted by atomic mass is 16.5. The van der Waals surface area contributed by atoms with Gasteiger partial charge in [-0.25, -0.2) is 0 Å². The van der Waals surface area contributed by atoms with Crippen LogP contribution in [0.4, 0.5) is 0 Å². The highest BCUT2D eigenvalue weighted by Crippen LogP contribution is 2.33. The highest BCUT2D eigenvalue weighted by Gasteiger charge is 2.34. The van der Waals surface area contributed by atoms with Gasteiger partial charge in [-0.3, -0.25) is 4.79 Å². The van der Waals surface area contributed by atoms with Crippen molar-refractivity contribution in [3.63, 3.8) is 0 Å². The first-order valence-electron chi connectivity index (χ1n) is 4.56. The lowest BCUT2D eigenvalue weighted by Crippen LogP contribution is -2.13. The van der Waals surface area contributed by atoms with Crippen molar-refractivity contribution in [2.75, 3.05) is 0 Å². The van der Waals surface area contributed by atoms with Gasteiger partial charge < -0.3 is 4.74 Å². The van der Waals surface area contributed by atoms with Crippen LogP contribution in [0.5, 0.6) is 0 Å². The fraction of sp³-hybridized carbons (Fsp3) is 0.889. The topological polar surface area (TPSA) is 26.3 Å². The molecule has 2 nitrogen and oxygen atoms in total. The molecule has 1 saturated carbocycles. The Hall–Kier alpha value is -0.530. The smallest absolute Gasteiger partial charge is 0.306 e. The summed E-state index contributed by atoms with van der Waals surface area (Å²) in [7, 11) is 0. The third-order valence-electron chi connectivity index (χ3n) is 2.80. The quantitative estimate of drug-likeness (QED) is 0.498. The normalized spacial score (nSPS) is 37.6. The number of esters is 1. The Morgan fingerprint density at radius 2 is 2.00 bits per heavy atom. The van der Waals surface area contributed by atoms with Crippen LogP contribution in [0.1, 0.15) is 38.5 Å². The van der Waals surface area contributed by atoms with Crippen LogP contribution in [0.2, 0.25) is 0 Å². The Bertz CT molecular complexity index is 149. The molecule has 2 aliphatic rings. The van der Waals surface area contributed by atoms with Crippen LogP contribution in [0.25, 0.3) is 0 Å². The highest BCUT2D eigenvalue weighted by molar-refractivity contribution is 5.72. The third-order valence-corrected chi connectivity index (χ3v) is 2.80. The molecule has 0 spiro atoms. The lowest BCUT2D eigenvalue weighted by Gasteiger charge is -2.12. The number of hydrogen-bond donors (Lipinski definition) is 0. The first-order valence-corrected chi connectivity index (χ1v) is 4.56. The van der Waals surface area contributed by atoms with Crippen LogP contribution in [0.3, 0.4) is 0 Å². The number of ether oxygens (including phenoxy) is 1. The van der Waals surface area contributed by atoms with E-state index >= 15 is 0 Å². The van der Waals surface area contributed by atoms with Crippen molar-refractivity contribution >= 4 is 5.97 Å². The maximum Gasteiger partial charge on any atom is 0.306 e. The fourth-order valence-corrected chi connectivity index (χ4v) is 2.17. The molecule has 0 N–H and O–H groups in total. The van der Waals surface area contributed by atoms with Crippen molar-refractivity contribution < 1.29 is 9.53 Å². The summed E-state index contributed by atoms with van der Waals surface area (Å²) in [5, 5.41) is 0. The first-order chi connectivity index (χ1) is 5.36. The average molecular weight is 154 g/mol. The summed E-state index contributed by atoms with van der Waals surface area (Å²) in [6.45, 7) is 0. The standard InChI is InChI=1S/C9H14O2/c10-9-6-7-4-2-1-3-5-8(7)11-9/h7-8H,1-6H2. The van der Waals surface area contributed by atoms with Crippen LogP contribution in [0.15, 0.2) is 0 Å². The van der Waals surface area contributed by atoms with E-state index in [-0.39, 0.29) is 12.1 Å². The zero-order valence-electron chi connectivity index (χ0n) is 6.71. The summed E-state index contributed by atoms with van der Waals surface area (Å²) in [5.74, 6) is 0.590. The molecular formula is C9H14O2. The second-order valence-corrected chi connectivity index (χ2v) is 3.63. The second kappa shape index (κ2) is 2.84. The van der Waals surface area contributed by atoms with E-state index in [0.29, 0.717) is 12.3 Å². The molecule has 2 atom stereocenters. The minimum Gasteiger partial charge on any atom is -0.462 e. The third kappa shape index (κ3) is 1.39. The summed E-state index contributed by atoms with van der Waals surface area (Å²) in [6.07, 6.45) is 7.14. The van der Waals surface area contributed by atoms with Gasteiger partial charge >= 0.3 is 5.97 Å². The molecule has 2 rings (SSSR count). The van der Waals surface area contributed by atoms with E-state index in [1.54, 1.807) is 0 Å². The summed E-state index contributed by atoms with van der Waals surface area (Å²) in [5.41, 5.74) is 0. The van der Waals surface area contributed by atoms with Gasteiger partial charge in [0.15, 0.2) is 0 Å². The van der Waals surface area contributed by atoms with Gasteiger partial charge in [-0.15, -0.1) is 0 Å². The fourth-order valence-electron chi connectivity index (χ4n) is 2.17. The Kier molecular flexibility index (Phi) is 1.84. The van der Waals surface area contributed by atoms with Crippen molar-refractivity contribution in [1.82, 2.24) is 0 Å². The first kappa shape index (κ1) is 7.14. The Morgan fingerprint density at radius 3 is 2.91 bits per heavy atom. The van der Waals surface area contributed by atoms with E-state index in [2.05, 4.69) is 0 Å². The van der Waals surface area contributed by atoms with Crippen molar-refractivity contribution in [2.24, 2.45) is 5.92 Å². The van der Waals surface area contributed by atoms with Gasteiger partial charge in [-0.05, 0) is 19.3 Å². The van der Waals surface area contributed by atoms with E-state index < -0.39 is 0 Å². The number of carbonyl (C=O) groups is 1. The lowest BCUT2D eigenvalue weighted by atomic mass is 9.97. The molecule has 62 valence electrons. The Labute approximate surface area is 66.9 Å². The molecule has 0 amide bonds. The predicted octanol–water partition coefficient (Wildman–Crippen LogP) is 1.88. The molecule has 2 unspecified atom stereocenters. The van der Waals surface area contributed by atoms with Crippen LogP contribution in [0, 0.1) is 5.92 Å². The zero-order valence-corrected chi connectivity index (χ0v) is 6.71. The summed E-state index contributed by atoms with van der Waals surface area (Å²) >= 11 is 0. The van der Waals surface area contributed by atoms with Crippen molar-refractivity contribution in [3.05, 3.63) is 0 Å². The van der Waals surface area contributed by atoms with Gasteiger partial charge in [0, 0.05) is 5.92 Å². The van der Waals surface area contributed by atoms with Crippen molar-refractivity contribution in [2.45, 2.75) is 44.6 Å². The van der Waals surface area contributed by atoms with Gasteiger partial charge in [0.2, 0.25) is 0 Å². The van der Waals surface area contributed by atoms with E-state index in [9.17, 15) is 4.79 Å². The van der Waals surface area contributed by atoms with Gasteiger partial charge in [0.05, 0.1) is 6.42 Å². The largest absolute Gasteiger partial charge is 0.462 e. The van der Waals surface area contributed by atoms with E-state index in [4.69, 9.17) is 4.74 Å². The van der Waals surface area contributed by atoms with E-state index in [1.165, 1.54) is 25.7 Å². The van der Waals surface area contributed by atoms with Gasteiger partial charge in [0.25, 0.3) is 0 Å². The van der Waals surface area contributed by atoms with Crippen molar-refractivity contribution in [3.8, 4) is 0 Å². The molecule has 1 aliphatic heterocycles. The predicted molar refractivity (Wildman–Crippen MR) is 41.1 cm³/mol. The maximum absolute atomic E-state index is 10.9. The van der Waals surface area contributed by atoms with Crippen LogP contribution in [-0.2, 0) is 9.53 Å². The molecule has 1 saturated heterocycles. The van der Waals surface area contributed by atoms with Crippen LogP contribution < -0.4 is 0 Å². The summed E-state index contributed by atoms with van der Waals surface area (Å²) in [4.78, 5) is 10.9. The molecule has 0 aromatic rings. The summed E-state index contributed by atoms with van der Waals surface area (Å²) < 4.78 is 5.21. The number of hydrogen-bond acceptors (Lipinski definition) is 2. The number of carbonyl (C=O) groups excluding carboxylic acids is 1. The zero-order chi connectivity index (χ0) is 7.68. The van der Waals surface area contributed by atoms with E-state index in [0.717, 1.165) is 6.42 Å². The molecule has 2 heteroatoms. The van der Waals surface area contributed by atoms with Crippen LogP contribution in [-0.4, -0.2) is 12.1 Å². The van der Waals surface area contributed by atoms with Crippen molar-refractivity contribution in [1.29, 1.82) is 0 Å². The molecule has 0 aromatic carbocycles. The lowest BCUT2D eigenvalue weighted by molar-refractivity contribution is -0.141. The SMILES string of the molecule is O=C1CC2CCCCCC2O1. The molecule has 1 heterocycles. The Balaban J connectivity index is 2.01. The minimum absolute atomic E-state index is 0.0295. The Morgan fingerprint density at radius 1 is 1.18 bits per heavy atom. The molecule has 0 radical (unpaired) electrons. The molecule has 0 bridgehead atoms. The summed E-state index contributed by atoms with van der Waals surface area (Å²) in [6, 6.07) is 0. The van der Waals surface area contributed by atoms with Crippen LogP contribution >= 0.6 is 0 Å². The average Bonchev–Trinajstić information content (AvgIpc) is 2.17. The molecule has 11 heavy (non-hydrogen) atoms. The van der Waals surface area contributed by atoms with E-state index in [1.807, 2.05) is 0 Å². The molecule has 2 fully saturated rings. The minimum atomic E-state index is 0.0295. The number of fused-ring (bicyclic) bond motifs is 1. The molecule has 0 aromatic heterocycles. The second-order valence-electron chi connectivity index (χ2n) is 3.63. The van der Waals surface area contributed by atoms with Gasteiger partial charge in [0.1, 0.15) is 6.10 Å². The van der Waals surface area contributed by atoms with Gasteiger partial charge in [-0.2, -0.15) is 0 Å². The maximum atomic E-state index is 10.9. The molecule has 1 aliphatic carbocycles.